The summed E-state index contributed by atoms with van der Waals surface area (Å²) in [5, 5.41) is 4.84. The molecule has 1 aromatic heterocycles. The second-order valence-corrected chi connectivity index (χ2v) is 7.27. The Labute approximate surface area is 150 Å². The zero-order chi connectivity index (χ0) is 17.8. The van der Waals surface area contributed by atoms with Crippen molar-refractivity contribution >= 4 is 16.9 Å². The van der Waals surface area contributed by atoms with Crippen LogP contribution in [0.3, 0.4) is 0 Å². The Balaban J connectivity index is 1.73. The Hall–Kier alpha value is -1.72. The average Bonchev–Trinajstić information content (AvgIpc) is 2.80. The number of benzene rings is 1. The average molecular weight is 342 g/mol. The lowest BCUT2D eigenvalue weighted by atomic mass is 10.1. The van der Waals surface area contributed by atoms with Crippen LogP contribution in [0.2, 0.25) is 0 Å². The Morgan fingerprint density at radius 3 is 2.88 bits per heavy atom. The molecular weight excluding hydrogens is 312 g/mol. The quantitative estimate of drug-likeness (QED) is 0.904. The molecule has 0 saturated carbocycles. The summed E-state index contributed by atoms with van der Waals surface area (Å²) in [6, 6.07) is 7.34. The van der Waals surface area contributed by atoms with E-state index in [-0.39, 0.29) is 0 Å². The summed E-state index contributed by atoms with van der Waals surface area (Å²) in [6.45, 7) is 9.15. The highest BCUT2D eigenvalue weighted by molar-refractivity contribution is 5.82. The van der Waals surface area contributed by atoms with Crippen LogP contribution >= 0.6 is 0 Å². The maximum Gasteiger partial charge on any atom is 0.226 e. The molecule has 1 aliphatic rings. The molecule has 2 heterocycles. The van der Waals surface area contributed by atoms with Crippen LogP contribution in [0.4, 0.5) is 5.95 Å². The second-order valence-electron chi connectivity index (χ2n) is 7.27. The number of methoxy groups -OCH3 is 1. The summed E-state index contributed by atoms with van der Waals surface area (Å²) in [4.78, 5) is 12.0. The topological polar surface area (TPSA) is 50.3 Å². The van der Waals surface area contributed by atoms with Gasteiger partial charge in [0.2, 0.25) is 5.95 Å². The zero-order valence-electron chi connectivity index (χ0n) is 15.9. The van der Waals surface area contributed by atoms with E-state index in [0.29, 0.717) is 12.1 Å². The molecule has 136 valence electrons. The number of rotatable bonds is 5. The van der Waals surface area contributed by atoms with Crippen LogP contribution in [0.1, 0.15) is 37.4 Å². The number of aryl methyl sites for hydroxylation is 2. The highest BCUT2D eigenvalue weighted by Crippen LogP contribution is 2.22. The Morgan fingerprint density at radius 1 is 1.24 bits per heavy atom. The minimum absolute atomic E-state index is 0.392. The maximum absolute atomic E-state index is 5.24. The molecule has 5 heteroatoms. The first kappa shape index (κ1) is 18.1. The molecule has 0 amide bonds. The number of fused-ring (bicyclic) bond motifs is 1. The van der Waals surface area contributed by atoms with Gasteiger partial charge in [-0.3, -0.25) is 0 Å². The molecule has 0 radical (unpaired) electrons. The first-order valence-electron chi connectivity index (χ1n) is 9.31. The van der Waals surface area contributed by atoms with Crippen molar-refractivity contribution in [2.45, 2.75) is 52.1 Å². The first-order chi connectivity index (χ1) is 12.1. The Bertz CT molecular complexity index is 718. The van der Waals surface area contributed by atoms with Crippen LogP contribution in [0, 0.1) is 13.8 Å². The zero-order valence-corrected chi connectivity index (χ0v) is 15.9. The third-order valence-electron chi connectivity index (χ3n) is 4.98. The molecule has 1 fully saturated rings. The van der Waals surface area contributed by atoms with Gasteiger partial charge in [-0.1, -0.05) is 12.1 Å². The summed E-state index contributed by atoms with van der Waals surface area (Å²) >= 11 is 0. The van der Waals surface area contributed by atoms with Crippen molar-refractivity contribution in [3.63, 3.8) is 0 Å². The monoisotopic (exact) mass is 342 g/mol. The molecule has 0 bridgehead atoms. The molecule has 25 heavy (non-hydrogen) atoms. The molecule has 0 unspecified atom stereocenters. The van der Waals surface area contributed by atoms with Crippen molar-refractivity contribution < 1.29 is 4.74 Å². The van der Waals surface area contributed by atoms with Crippen LogP contribution in [0.15, 0.2) is 18.2 Å². The lowest BCUT2D eigenvalue weighted by Crippen LogP contribution is -2.39. The number of anilines is 1. The van der Waals surface area contributed by atoms with E-state index in [9.17, 15) is 0 Å². The Morgan fingerprint density at radius 2 is 2.08 bits per heavy atom. The van der Waals surface area contributed by atoms with Gasteiger partial charge in [0.1, 0.15) is 0 Å². The van der Waals surface area contributed by atoms with Crippen LogP contribution in [0.5, 0.6) is 0 Å². The van der Waals surface area contributed by atoms with Gasteiger partial charge < -0.3 is 15.0 Å². The van der Waals surface area contributed by atoms with Crippen molar-refractivity contribution in [2.75, 3.05) is 31.7 Å². The minimum atomic E-state index is 0.392. The summed E-state index contributed by atoms with van der Waals surface area (Å²) in [5.41, 5.74) is 3.35. The lowest BCUT2D eigenvalue weighted by molar-refractivity contribution is 0.165. The molecule has 3 rings (SSSR count). The van der Waals surface area contributed by atoms with Gasteiger partial charge in [0.05, 0.1) is 17.8 Å². The summed E-state index contributed by atoms with van der Waals surface area (Å²) in [6.07, 6.45) is 3.46. The van der Waals surface area contributed by atoms with Crippen LogP contribution in [-0.2, 0) is 4.74 Å². The standard InChI is InChI=1S/C20H30N4O/c1-14-7-8-18-16(3)22-20(23-19(18)12-14)24-10-5-6-17(9-11-24)21-15(2)13-25-4/h7-8,12,15,17,21H,5-6,9-11,13H2,1-4H3/t15-,17+/m0/s1. The van der Waals surface area contributed by atoms with Crippen molar-refractivity contribution in [3.05, 3.63) is 29.5 Å². The van der Waals surface area contributed by atoms with E-state index in [1.165, 1.54) is 12.0 Å². The smallest absolute Gasteiger partial charge is 0.226 e. The van der Waals surface area contributed by atoms with Crippen LogP contribution in [0.25, 0.3) is 10.9 Å². The van der Waals surface area contributed by atoms with Gasteiger partial charge in [-0.05, 0) is 51.7 Å². The molecule has 0 aliphatic carbocycles. The fraction of sp³-hybridized carbons (Fsp3) is 0.600. The SMILES string of the molecule is COC[C@H](C)N[C@@H]1CCCN(c2nc(C)c3ccc(C)cc3n2)CC1. The molecule has 1 aromatic carbocycles. The molecular formula is C20H30N4O. The predicted octanol–water partition coefficient (Wildman–Crippen LogP) is 3.23. The molecule has 1 aliphatic heterocycles. The molecule has 1 saturated heterocycles. The molecule has 0 spiro atoms. The van der Waals surface area contributed by atoms with Gasteiger partial charge in [-0.15, -0.1) is 0 Å². The molecule has 2 atom stereocenters. The number of ether oxygens (including phenoxy) is 1. The lowest BCUT2D eigenvalue weighted by Gasteiger charge is -2.23. The van der Waals surface area contributed by atoms with E-state index in [4.69, 9.17) is 14.7 Å². The molecule has 5 nitrogen and oxygen atoms in total. The van der Waals surface area contributed by atoms with Gasteiger partial charge >= 0.3 is 0 Å². The summed E-state index contributed by atoms with van der Waals surface area (Å²) < 4.78 is 5.24. The number of hydrogen-bond acceptors (Lipinski definition) is 5. The normalized spacial score (nSPS) is 19.8. The third-order valence-corrected chi connectivity index (χ3v) is 4.98. The highest BCUT2D eigenvalue weighted by Gasteiger charge is 2.20. The number of nitrogens with one attached hydrogen (secondary N) is 1. The maximum atomic E-state index is 5.24. The number of hydrogen-bond donors (Lipinski definition) is 1. The van der Waals surface area contributed by atoms with E-state index in [1.807, 2.05) is 0 Å². The van der Waals surface area contributed by atoms with Crippen LogP contribution in [-0.4, -0.2) is 48.9 Å². The Kier molecular flexibility index (Phi) is 5.86. The largest absolute Gasteiger partial charge is 0.383 e. The summed E-state index contributed by atoms with van der Waals surface area (Å²) in [5.74, 6) is 0.876. The second kappa shape index (κ2) is 8.11. The fourth-order valence-corrected chi connectivity index (χ4v) is 3.69. The van der Waals surface area contributed by atoms with Gasteiger partial charge in [0, 0.05) is 37.7 Å². The van der Waals surface area contributed by atoms with E-state index < -0.39 is 0 Å². The molecule has 2 aromatic rings. The van der Waals surface area contributed by atoms with Crippen LogP contribution < -0.4 is 10.2 Å². The summed E-state index contributed by atoms with van der Waals surface area (Å²) in [7, 11) is 1.76. The third kappa shape index (κ3) is 4.47. The predicted molar refractivity (Wildman–Crippen MR) is 103 cm³/mol. The van der Waals surface area contributed by atoms with Crippen molar-refractivity contribution in [1.82, 2.24) is 15.3 Å². The van der Waals surface area contributed by atoms with E-state index in [1.54, 1.807) is 7.11 Å². The van der Waals surface area contributed by atoms with Gasteiger partial charge in [0.25, 0.3) is 0 Å². The first-order valence-corrected chi connectivity index (χ1v) is 9.31. The van der Waals surface area contributed by atoms with Gasteiger partial charge in [-0.2, -0.15) is 0 Å². The van der Waals surface area contributed by atoms with Crippen molar-refractivity contribution in [3.8, 4) is 0 Å². The van der Waals surface area contributed by atoms with Gasteiger partial charge in [0.15, 0.2) is 0 Å². The van der Waals surface area contributed by atoms with Gasteiger partial charge in [-0.25, -0.2) is 9.97 Å². The molecule has 1 N–H and O–H groups in total. The van der Waals surface area contributed by atoms with E-state index in [2.05, 4.69) is 49.2 Å². The minimum Gasteiger partial charge on any atom is -0.383 e. The van der Waals surface area contributed by atoms with E-state index >= 15 is 0 Å². The van der Waals surface area contributed by atoms with Crippen molar-refractivity contribution in [2.24, 2.45) is 0 Å². The number of nitrogens with zero attached hydrogens (tertiary/aromatic N) is 3. The fourth-order valence-electron chi connectivity index (χ4n) is 3.69. The number of aromatic nitrogens is 2. The van der Waals surface area contributed by atoms with E-state index in [0.717, 1.165) is 55.1 Å². The highest BCUT2D eigenvalue weighted by atomic mass is 16.5. The van der Waals surface area contributed by atoms with Crippen molar-refractivity contribution in [1.29, 1.82) is 0 Å².